The van der Waals surface area contributed by atoms with Gasteiger partial charge in [0.25, 0.3) is 10.0 Å². The third-order valence-corrected chi connectivity index (χ3v) is 7.77. The number of para-hydroxylation sites is 2. The van der Waals surface area contributed by atoms with Gasteiger partial charge in [-0.3, -0.25) is 9.10 Å². The molecule has 0 bridgehead atoms. The van der Waals surface area contributed by atoms with Gasteiger partial charge >= 0.3 is 0 Å². The van der Waals surface area contributed by atoms with Crippen molar-refractivity contribution in [2.24, 2.45) is 0 Å². The van der Waals surface area contributed by atoms with Gasteiger partial charge in [-0.15, -0.1) is 11.3 Å². The third-order valence-electron chi connectivity index (χ3n) is 4.64. The van der Waals surface area contributed by atoms with Crippen LogP contribution in [-0.2, 0) is 21.4 Å². The fourth-order valence-electron chi connectivity index (χ4n) is 2.95. The van der Waals surface area contributed by atoms with Crippen molar-refractivity contribution in [3.05, 3.63) is 77.2 Å². The largest absolute Gasteiger partial charge is 0.495 e. The van der Waals surface area contributed by atoms with Crippen molar-refractivity contribution in [1.82, 2.24) is 4.90 Å². The number of likely N-dealkylation sites (N-methyl/N-ethyl adjacent to an activating group) is 1. The summed E-state index contributed by atoms with van der Waals surface area (Å²) in [5, 5.41) is 1.69. The highest BCUT2D eigenvalue weighted by molar-refractivity contribution is 7.94. The Labute approximate surface area is 181 Å². The molecule has 0 radical (unpaired) electrons. The minimum atomic E-state index is -3.93. The molecule has 1 heterocycles. The Kier molecular flexibility index (Phi) is 6.79. The molecule has 0 aliphatic heterocycles. The van der Waals surface area contributed by atoms with Crippen molar-refractivity contribution >= 4 is 33.0 Å². The maximum Gasteiger partial charge on any atom is 0.274 e. The molecule has 3 aromatic rings. The first kappa shape index (κ1) is 21.9. The highest BCUT2D eigenvalue weighted by Gasteiger charge is 2.30. The molecule has 0 aliphatic carbocycles. The van der Waals surface area contributed by atoms with E-state index in [9.17, 15) is 13.2 Å². The quantitative estimate of drug-likeness (QED) is 0.528. The molecule has 8 heteroatoms. The first-order chi connectivity index (χ1) is 14.3. The number of hydrogen-bond donors (Lipinski definition) is 0. The molecular weight excluding hydrogens is 420 g/mol. The number of aryl methyl sites for hydroxylation is 1. The van der Waals surface area contributed by atoms with Crippen molar-refractivity contribution in [2.45, 2.75) is 17.7 Å². The van der Waals surface area contributed by atoms with Crippen LogP contribution in [0.25, 0.3) is 0 Å². The summed E-state index contributed by atoms with van der Waals surface area (Å²) in [6.07, 6.45) is 0. The highest BCUT2D eigenvalue weighted by Crippen LogP contribution is 2.33. The van der Waals surface area contributed by atoms with Gasteiger partial charge in [-0.25, -0.2) is 8.42 Å². The van der Waals surface area contributed by atoms with Gasteiger partial charge in [-0.2, -0.15) is 0 Å². The van der Waals surface area contributed by atoms with Crippen molar-refractivity contribution in [3.63, 3.8) is 0 Å². The lowest BCUT2D eigenvalue weighted by atomic mass is 10.1. The van der Waals surface area contributed by atoms with Gasteiger partial charge in [-0.1, -0.05) is 48.0 Å². The maximum atomic E-state index is 13.3. The number of ether oxygens (including phenoxy) is 1. The van der Waals surface area contributed by atoms with Crippen LogP contribution in [0.3, 0.4) is 0 Å². The van der Waals surface area contributed by atoms with Gasteiger partial charge in [0.15, 0.2) is 0 Å². The van der Waals surface area contributed by atoms with Gasteiger partial charge in [0, 0.05) is 13.6 Å². The predicted molar refractivity (Wildman–Crippen MR) is 119 cm³/mol. The zero-order valence-electron chi connectivity index (χ0n) is 17.1. The van der Waals surface area contributed by atoms with Crippen molar-refractivity contribution < 1.29 is 17.9 Å². The number of nitrogens with zero attached hydrogens (tertiary/aromatic N) is 2. The average Bonchev–Trinajstić information content (AvgIpc) is 3.29. The van der Waals surface area contributed by atoms with E-state index in [1.165, 1.54) is 18.1 Å². The molecular formula is C22H24N2O4S2. The second-order valence-corrected chi connectivity index (χ2v) is 9.89. The lowest BCUT2D eigenvalue weighted by Crippen LogP contribution is -2.41. The van der Waals surface area contributed by atoms with E-state index in [0.717, 1.165) is 26.8 Å². The molecule has 30 heavy (non-hydrogen) atoms. The number of thiophene rings is 1. The normalized spacial score (nSPS) is 11.2. The van der Waals surface area contributed by atoms with E-state index in [2.05, 4.69) is 0 Å². The Morgan fingerprint density at radius 1 is 1.03 bits per heavy atom. The van der Waals surface area contributed by atoms with Crippen molar-refractivity contribution in [2.75, 3.05) is 25.0 Å². The number of anilines is 1. The highest BCUT2D eigenvalue weighted by atomic mass is 32.2. The van der Waals surface area contributed by atoms with Gasteiger partial charge in [0.1, 0.15) is 16.5 Å². The standard InChI is InChI=1S/C22H24N2O4S2/c1-17-10-12-18(13-11-17)15-23(2)21(25)16-24(19-7-4-5-8-20(19)28-3)30(26,27)22-9-6-14-29-22/h4-14H,15-16H2,1-3H3. The van der Waals surface area contributed by atoms with Gasteiger partial charge in [0.05, 0.1) is 12.8 Å². The number of hydrogen-bond acceptors (Lipinski definition) is 5. The molecule has 3 rings (SSSR count). The summed E-state index contributed by atoms with van der Waals surface area (Å²) in [5.74, 6) is 0.0632. The number of amides is 1. The molecule has 0 saturated heterocycles. The van der Waals surface area contributed by atoms with Crippen LogP contribution in [0.2, 0.25) is 0 Å². The molecule has 158 valence electrons. The zero-order chi connectivity index (χ0) is 21.7. The molecule has 0 fully saturated rings. The van der Waals surface area contributed by atoms with Crippen LogP contribution in [0, 0.1) is 6.92 Å². The van der Waals surface area contributed by atoms with Gasteiger partial charge in [0.2, 0.25) is 5.91 Å². The summed E-state index contributed by atoms with van der Waals surface area (Å²) in [5.41, 5.74) is 2.43. The fraction of sp³-hybridized carbons (Fsp3) is 0.227. The van der Waals surface area contributed by atoms with Crippen LogP contribution in [0.4, 0.5) is 5.69 Å². The molecule has 6 nitrogen and oxygen atoms in total. The SMILES string of the molecule is COc1ccccc1N(CC(=O)N(C)Cc1ccc(C)cc1)S(=O)(=O)c1cccs1. The van der Waals surface area contributed by atoms with Gasteiger partial charge < -0.3 is 9.64 Å². The Balaban J connectivity index is 1.90. The Bertz CT molecular complexity index is 1090. The number of sulfonamides is 1. The Morgan fingerprint density at radius 2 is 1.73 bits per heavy atom. The van der Waals surface area contributed by atoms with E-state index < -0.39 is 10.0 Å². The molecule has 0 aliphatic rings. The number of benzene rings is 2. The summed E-state index contributed by atoms with van der Waals surface area (Å²) >= 11 is 1.11. The van der Waals surface area contributed by atoms with Gasteiger partial charge in [-0.05, 0) is 36.1 Å². The minimum Gasteiger partial charge on any atom is -0.495 e. The molecule has 1 aromatic heterocycles. The molecule has 0 saturated carbocycles. The summed E-state index contributed by atoms with van der Waals surface area (Å²) in [4.78, 5) is 14.5. The van der Waals surface area contributed by atoms with E-state index in [1.54, 1.807) is 42.8 Å². The molecule has 0 atom stereocenters. The number of carbonyl (C=O) groups is 1. The van der Waals surface area contributed by atoms with Crippen LogP contribution < -0.4 is 9.04 Å². The second kappa shape index (κ2) is 9.32. The topological polar surface area (TPSA) is 66.9 Å². The Hall–Kier alpha value is -2.84. The second-order valence-electron chi connectivity index (χ2n) is 6.85. The zero-order valence-corrected chi connectivity index (χ0v) is 18.7. The summed E-state index contributed by atoms with van der Waals surface area (Å²) in [7, 11) is -0.787. The first-order valence-electron chi connectivity index (χ1n) is 9.31. The van der Waals surface area contributed by atoms with Crippen molar-refractivity contribution in [1.29, 1.82) is 0 Å². The third kappa shape index (κ3) is 4.83. The minimum absolute atomic E-state index is 0.169. The molecule has 0 spiro atoms. The Morgan fingerprint density at radius 3 is 2.37 bits per heavy atom. The van der Waals surface area contributed by atoms with E-state index >= 15 is 0 Å². The molecule has 0 N–H and O–H groups in total. The van der Waals surface area contributed by atoms with Crippen LogP contribution in [0.1, 0.15) is 11.1 Å². The molecule has 2 aromatic carbocycles. The van der Waals surface area contributed by atoms with E-state index in [4.69, 9.17) is 4.74 Å². The number of methoxy groups -OCH3 is 1. The average molecular weight is 445 g/mol. The number of carbonyl (C=O) groups excluding carboxylic acids is 1. The molecule has 0 unspecified atom stereocenters. The smallest absolute Gasteiger partial charge is 0.274 e. The number of rotatable bonds is 8. The summed E-state index contributed by atoms with van der Waals surface area (Å²) in [6.45, 7) is 2.06. The maximum absolute atomic E-state index is 13.3. The van der Waals surface area contributed by atoms with E-state index in [0.29, 0.717) is 18.0 Å². The lowest BCUT2D eigenvalue weighted by molar-refractivity contribution is -0.128. The van der Waals surface area contributed by atoms with Crippen molar-refractivity contribution in [3.8, 4) is 5.75 Å². The van der Waals surface area contributed by atoms with Crippen LogP contribution >= 0.6 is 11.3 Å². The van der Waals surface area contributed by atoms with Crippen LogP contribution in [0.5, 0.6) is 5.75 Å². The summed E-state index contributed by atoms with van der Waals surface area (Å²) in [6, 6.07) is 17.9. The lowest BCUT2D eigenvalue weighted by Gasteiger charge is -2.27. The monoisotopic (exact) mass is 444 g/mol. The predicted octanol–water partition coefficient (Wildman–Crippen LogP) is 3.92. The van der Waals surface area contributed by atoms with Crippen LogP contribution in [-0.4, -0.2) is 39.9 Å². The fourth-order valence-corrected chi connectivity index (χ4v) is 5.48. The van der Waals surface area contributed by atoms with E-state index in [1.807, 2.05) is 31.2 Å². The molecule has 1 amide bonds. The summed E-state index contributed by atoms with van der Waals surface area (Å²) < 4.78 is 33.3. The van der Waals surface area contributed by atoms with E-state index in [-0.39, 0.29) is 16.7 Å². The first-order valence-corrected chi connectivity index (χ1v) is 11.6. The van der Waals surface area contributed by atoms with Crippen LogP contribution in [0.15, 0.2) is 70.3 Å².